The van der Waals surface area contributed by atoms with E-state index in [9.17, 15) is 4.79 Å². The third-order valence-corrected chi connectivity index (χ3v) is 4.20. The molecule has 0 aliphatic carbocycles. The van der Waals surface area contributed by atoms with Crippen molar-refractivity contribution in [3.05, 3.63) is 35.9 Å². The van der Waals surface area contributed by atoms with Crippen molar-refractivity contribution in [2.24, 2.45) is 0 Å². The van der Waals surface area contributed by atoms with Crippen molar-refractivity contribution in [2.75, 3.05) is 19.6 Å². The fraction of sp³-hybridized carbons (Fsp3) is 0.562. The van der Waals surface area contributed by atoms with Crippen LogP contribution in [0.15, 0.2) is 30.3 Å². The van der Waals surface area contributed by atoms with Gasteiger partial charge >= 0.3 is 6.09 Å². The molecule has 4 heteroatoms. The molecule has 0 aromatic heterocycles. The van der Waals surface area contributed by atoms with Gasteiger partial charge in [0, 0.05) is 25.7 Å². The van der Waals surface area contributed by atoms with Crippen LogP contribution in [0.3, 0.4) is 0 Å². The van der Waals surface area contributed by atoms with Crippen LogP contribution >= 0.6 is 0 Å². The number of likely N-dealkylation sites (tertiary alicyclic amines) is 1. The molecule has 1 amide bonds. The van der Waals surface area contributed by atoms with Crippen molar-refractivity contribution in [3.8, 4) is 0 Å². The molecule has 2 fully saturated rings. The largest absolute Gasteiger partial charge is 0.445 e. The van der Waals surface area contributed by atoms with E-state index >= 15 is 0 Å². The molecule has 2 saturated heterocycles. The number of piperidine rings is 1. The molecule has 20 heavy (non-hydrogen) atoms. The highest BCUT2D eigenvalue weighted by Gasteiger charge is 2.27. The van der Waals surface area contributed by atoms with E-state index in [1.165, 1.54) is 5.56 Å². The maximum absolute atomic E-state index is 11.9. The number of rotatable bonds is 2. The van der Waals surface area contributed by atoms with Crippen molar-refractivity contribution in [1.29, 1.82) is 0 Å². The number of nitrogens with zero attached hydrogens (tertiary/aromatic N) is 1. The molecule has 1 aromatic carbocycles. The van der Waals surface area contributed by atoms with Gasteiger partial charge in [0.25, 0.3) is 0 Å². The smallest absolute Gasteiger partial charge is 0.410 e. The first-order valence-corrected chi connectivity index (χ1v) is 7.57. The molecule has 108 valence electrons. The number of hydrogen-bond acceptors (Lipinski definition) is 3. The van der Waals surface area contributed by atoms with Gasteiger partial charge in [-0.1, -0.05) is 30.3 Å². The van der Waals surface area contributed by atoms with Crippen LogP contribution in [0.2, 0.25) is 0 Å². The minimum atomic E-state index is -0.132. The van der Waals surface area contributed by atoms with Gasteiger partial charge in [0.15, 0.2) is 0 Å². The average Bonchev–Trinajstić information content (AvgIpc) is 3.03. The third-order valence-electron chi connectivity index (χ3n) is 4.20. The van der Waals surface area contributed by atoms with Gasteiger partial charge in [0.05, 0.1) is 0 Å². The summed E-state index contributed by atoms with van der Waals surface area (Å²) in [5, 5.41) is 3.49. The lowest BCUT2D eigenvalue weighted by Gasteiger charge is -2.31. The molecule has 2 aliphatic heterocycles. The zero-order chi connectivity index (χ0) is 13.8. The molecule has 0 radical (unpaired) electrons. The minimum Gasteiger partial charge on any atom is -0.445 e. The maximum Gasteiger partial charge on any atom is 0.410 e. The van der Waals surface area contributed by atoms with Crippen molar-refractivity contribution >= 4 is 6.09 Å². The topological polar surface area (TPSA) is 41.6 Å². The summed E-state index contributed by atoms with van der Waals surface area (Å²) < 4.78 is 5.58. The van der Waals surface area contributed by atoms with Crippen molar-refractivity contribution in [1.82, 2.24) is 10.2 Å². The van der Waals surface area contributed by atoms with E-state index in [4.69, 9.17) is 4.74 Å². The Morgan fingerprint density at radius 3 is 2.55 bits per heavy atom. The molecule has 2 atom stereocenters. The SMILES string of the molecule is O=C(OC1CC[C@@H](c2ccccc2)NC1)N1CCCC1. The Labute approximate surface area is 120 Å². The highest BCUT2D eigenvalue weighted by molar-refractivity contribution is 5.68. The van der Waals surface area contributed by atoms with Gasteiger partial charge in [-0.15, -0.1) is 0 Å². The number of amides is 1. The number of ether oxygens (including phenoxy) is 1. The van der Waals surface area contributed by atoms with Crippen LogP contribution < -0.4 is 5.32 Å². The first kappa shape index (κ1) is 13.4. The van der Waals surface area contributed by atoms with Gasteiger partial charge in [-0.25, -0.2) is 4.79 Å². The summed E-state index contributed by atoms with van der Waals surface area (Å²) >= 11 is 0. The summed E-state index contributed by atoms with van der Waals surface area (Å²) in [7, 11) is 0. The van der Waals surface area contributed by atoms with E-state index in [1.54, 1.807) is 0 Å². The van der Waals surface area contributed by atoms with E-state index in [0.29, 0.717) is 6.04 Å². The van der Waals surface area contributed by atoms with Crippen LogP contribution in [0.25, 0.3) is 0 Å². The molecule has 1 unspecified atom stereocenters. The molecular formula is C16H22N2O2. The fourth-order valence-corrected chi connectivity index (χ4v) is 3.02. The normalized spacial score (nSPS) is 26.5. The number of benzene rings is 1. The quantitative estimate of drug-likeness (QED) is 0.901. The zero-order valence-electron chi connectivity index (χ0n) is 11.8. The van der Waals surface area contributed by atoms with Crippen LogP contribution in [0.4, 0.5) is 4.79 Å². The monoisotopic (exact) mass is 274 g/mol. The Morgan fingerprint density at radius 2 is 1.90 bits per heavy atom. The van der Waals surface area contributed by atoms with Crippen LogP contribution in [0.5, 0.6) is 0 Å². The van der Waals surface area contributed by atoms with E-state index in [-0.39, 0.29) is 12.2 Å². The van der Waals surface area contributed by atoms with E-state index in [0.717, 1.165) is 45.3 Å². The van der Waals surface area contributed by atoms with Crippen LogP contribution in [0, 0.1) is 0 Å². The Balaban J connectivity index is 1.47. The van der Waals surface area contributed by atoms with Gasteiger partial charge in [-0.05, 0) is 31.2 Å². The molecule has 1 aromatic rings. The van der Waals surface area contributed by atoms with E-state index in [1.807, 2.05) is 11.0 Å². The lowest BCUT2D eigenvalue weighted by atomic mass is 9.96. The molecule has 0 spiro atoms. The predicted octanol–water partition coefficient (Wildman–Crippen LogP) is 2.71. The van der Waals surface area contributed by atoms with Gasteiger partial charge in [-0.3, -0.25) is 0 Å². The maximum atomic E-state index is 11.9. The summed E-state index contributed by atoms with van der Waals surface area (Å²) in [5.41, 5.74) is 1.32. The average molecular weight is 274 g/mol. The number of hydrogen-bond donors (Lipinski definition) is 1. The number of carbonyl (C=O) groups excluding carboxylic acids is 1. The van der Waals surface area contributed by atoms with Gasteiger partial charge in [0.2, 0.25) is 0 Å². The molecule has 0 saturated carbocycles. The fourth-order valence-electron chi connectivity index (χ4n) is 3.02. The van der Waals surface area contributed by atoms with Gasteiger partial charge in [-0.2, -0.15) is 0 Å². The molecule has 2 aliphatic rings. The lowest BCUT2D eigenvalue weighted by Crippen LogP contribution is -2.41. The first-order chi connectivity index (χ1) is 9.83. The molecule has 4 nitrogen and oxygen atoms in total. The van der Waals surface area contributed by atoms with Crippen LogP contribution in [-0.2, 0) is 4.74 Å². The van der Waals surface area contributed by atoms with Crippen LogP contribution in [-0.4, -0.2) is 36.7 Å². The molecular weight excluding hydrogens is 252 g/mol. The summed E-state index contributed by atoms with van der Waals surface area (Å²) in [6, 6.07) is 10.8. The summed E-state index contributed by atoms with van der Waals surface area (Å²) in [5.74, 6) is 0. The summed E-state index contributed by atoms with van der Waals surface area (Å²) in [6.07, 6.45) is 4.05. The Morgan fingerprint density at radius 1 is 1.15 bits per heavy atom. The second kappa shape index (κ2) is 6.27. The second-order valence-electron chi connectivity index (χ2n) is 5.65. The molecule has 1 N–H and O–H groups in total. The van der Waals surface area contributed by atoms with Crippen molar-refractivity contribution < 1.29 is 9.53 Å². The van der Waals surface area contributed by atoms with E-state index in [2.05, 4.69) is 29.6 Å². The Kier molecular flexibility index (Phi) is 4.21. The molecule has 2 heterocycles. The van der Waals surface area contributed by atoms with Crippen molar-refractivity contribution in [3.63, 3.8) is 0 Å². The Bertz CT molecular complexity index is 435. The number of carbonyl (C=O) groups is 1. The second-order valence-corrected chi connectivity index (χ2v) is 5.65. The highest BCUT2D eigenvalue weighted by atomic mass is 16.6. The summed E-state index contributed by atoms with van der Waals surface area (Å²) in [6.45, 7) is 2.45. The minimum absolute atomic E-state index is 0.0167. The molecule has 0 bridgehead atoms. The first-order valence-electron chi connectivity index (χ1n) is 7.57. The van der Waals surface area contributed by atoms with Crippen LogP contribution in [0.1, 0.15) is 37.3 Å². The third kappa shape index (κ3) is 3.12. The Hall–Kier alpha value is -1.55. The number of nitrogens with one attached hydrogen (secondary N) is 1. The highest BCUT2D eigenvalue weighted by Crippen LogP contribution is 2.24. The lowest BCUT2D eigenvalue weighted by molar-refractivity contribution is 0.0509. The van der Waals surface area contributed by atoms with Gasteiger partial charge < -0.3 is 15.0 Å². The van der Waals surface area contributed by atoms with E-state index < -0.39 is 0 Å². The zero-order valence-corrected chi connectivity index (χ0v) is 11.8. The van der Waals surface area contributed by atoms with Gasteiger partial charge in [0.1, 0.15) is 6.10 Å². The standard InChI is InChI=1S/C16H22N2O2/c19-16(18-10-4-5-11-18)20-14-8-9-15(17-12-14)13-6-2-1-3-7-13/h1-3,6-7,14-15,17H,4-5,8-12H2/t14?,15-/m0/s1. The predicted molar refractivity (Wildman–Crippen MR) is 77.5 cm³/mol. The van der Waals surface area contributed by atoms with Crippen molar-refractivity contribution in [2.45, 2.75) is 37.8 Å². The molecule has 3 rings (SSSR count). The summed E-state index contributed by atoms with van der Waals surface area (Å²) in [4.78, 5) is 13.8.